The molecule has 0 bridgehead atoms. The molecule has 2 heterocycles. The maximum Gasteiger partial charge on any atom is 0.227 e. The van der Waals surface area contributed by atoms with Crippen molar-refractivity contribution in [2.45, 2.75) is 36.1 Å². The summed E-state index contributed by atoms with van der Waals surface area (Å²) in [5, 5.41) is 3.90. The van der Waals surface area contributed by atoms with Crippen LogP contribution in [0.4, 0.5) is 0 Å². The van der Waals surface area contributed by atoms with E-state index in [0.717, 1.165) is 19.3 Å². The van der Waals surface area contributed by atoms with Gasteiger partial charge in [0.25, 0.3) is 0 Å². The second-order valence-corrected chi connectivity index (χ2v) is 8.50. The molecule has 0 saturated heterocycles. The third-order valence-corrected chi connectivity index (χ3v) is 6.33. The Morgan fingerprint density at radius 1 is 1.16 bits per heavy atom. The van der Waals surface area contributed by atoms with Crippen LogP contribution in [0.1, 0.15) is 31.0 Å². The molecule has 2 N–H and O–H groups in total. The first-order valence-electron chi connectivity index (χ1n) is 8.21. The third kappa shape index (κ3) is 3.09. The predicted molar refractivity (Wildman–Crippen MR) is 87.2 cm³/mol. The van der Waals surface area contributed by atoms with E-state index in [1.54, 1.807) is 6.07 Å². The smallest absolute Gasteiger partial charge is 0.227 e. The number of hydrogen-bond donors (Lipinski definition) is 1. The highest BCUT2D eigenvalue weighted by Crippen LogP contribution is 2.37. The summed E-state index contributed by atoms with van der Waals surface area (Å²) in [6.07, 6.45) is 2.82. The Morgan fingerprint density at radius 3 is 2.64 bits per heavy atom. The fourth-order valence-electron chi connectivity index (χ4n) is 2.90. The molecule has 2 aromatic rings. The molecule has 1 aliphatic carbocycles. The normalized spacial score (nSPS) is 18.6. The molecule has 2 aliphatic rings. The molecule has 0 radical (unpaired) electrons. The van der Waals surface area contributed by atoms with Gasteiger partial charge in [0.1, 0.15) is 13.2 Å². The molecule has 0 amide bonds. The number of benzene rings is 1. The minimum atomic E-state index is -3.50. The standard InChI is InChI=1S/C16H19N3O5S/c17-16(5-1-6-16)15-18-14(24-19-15)4-9-25(20,21)11-2-3-12-13(10-11)23-8-7-22-12/h2-3,10H,1,4-9,17H2. The molecule has 1 aliphatic heterocycles. The number of nitrogens with two attached hydrogens (primary N) is 1. The van der Waals surface area contributed by atoms with Crippen molar-refractivity contribution in [3.63, 3.8) is 0 Å². The zero-order valence-corrected chi connectivity index (χ0v) is 14.4. The Kier molecular flexibility index (Phi) is 3.92. The van der Waals surface area contributed by atoms with Gasteiger partial charge in [-0.1, -0.05) is 5.16 Å². The van der Waals surface area contributed by atoms with E-state index in [1.807, 2.05) is 0 Å². The average Bonchev–Trinajstić information content (AvgIpc) is 3.07. The van der Waals surface area contributed by atoms with Gasteiger partial charge in [0, 0.05) is 12.5 Å². The van der Waals surface area contributed by atoms with Gasteiger partial charge >= 0.3 is 0 Å². The molecule has 134 valence electrons. The summed E-state index contributed by atoms with van der Waals surface area (Å²) in [7, 11) is -3.50. The number of ether oxygens (including phenoxy) is 2. The molecule has 0 spiro atoms. The quantitative estimate of drug-likeness (QED) is 0.840. The van der Waals surface area contributed by atoms with E-state index in [-0.39, 0.29) is 23.0 Å². The largest absolute Gasteiger partial charge is 0.486 e. The molecule has 25 heavy (non-hydrogen) atoms. The Bertz CT molecular complexity index is 889. The maximum atomic E-state index is 12.6. The molecule has 1 aromatic carbocycles. The van der Waals surface area contributed by atoms with Crippen LogP contribution in [0.25, 0.3) is 0 Å². The first kappa shape index (κ1) is 16.3. The molecular formula is C16H19N3O5S. The molecular weight excluding hydrogens is 346 g/mol. The lowest BCUT2D eigenvalue weighted by Gasteiger charge is -2.34. The van der Waals surface area contributed by atoms with Gasteiger partial charge in [-0.2, -0.15) is 4.98 Å². The van der Waals surface area contributed by atoms with E-state index < -0.39 is 15.4 Å². The maximum absolute atomic E-state index is 12.6. The first-order chi connectivity index (χ1) is 12.0. The van der Waals surface area contributed by atoms with Crippen molar-refractivity contribution in [1.29, 1.82) is 0 Å². The van der Waals surface area contributed by atoms with Gasteiger partial charge in [0.15, 0.2) is 27.2 Å². The second-order valence-electron chi connectivity index (χ2n) is 6.40. The number of aromatic nitrogens is 2. The molecule has 0 atom stereocenters. The minimum absolute atomic E-state index is 0.133. The number of hydrogen-bond acceptors (Lipinski definition) is 8. The van der Waals surface area contributed by atoms with Gasteiger partial charge in [-0.3, -0.25) is 0 Å². The van der Waals surface area contributed by atoms with E-state index in [2.05, 4.69) is 10.1 Å². The zero-order chi connectivity index (χ0) is 17.5. The summed E-state index contributed by atoms with van der Waals surface area (Å²) in [6, 6.07) is 4.62. The summed E-state index contributed by atoms with van der Waals surface area (Å²) in [6.45, 7) is 0.864. The third-order valence-electron chi connectivity index (χ3n) is 4.62. The van der Waals surface area contributed by atoms with E-state index in [4.69, 9.17) is 19.7 Å². The summed E-state index contributed by atoms with van der Waals surface area (Å²) >= 11 is 0. The zero-order valence-electron chi connectivity index (χ0n) is 13.6. The Balaban J connectivity index is 1.46. The summed E-state index contributed by atoms with van der Waals surface area (Å²) < 4.78 is 41.1. The van der Waals surface area contributed by atoms with Crippen LogP contribution < -0.4 is 15.2 Å². The Morgan fingerprint density at radius 2 is 1.92 bits per heavy atom. The monoisotopic (exact) mass is 365 g/mol. The van der Waals surface area contributed by atoms with Crippen molar-refractivity contribution in [3.05, 3.63) is 29.9 Å². The van der Waals surface area contributed by atoms with Gasteiger partial charge in [-0.05, 0) is 31.4 Å². The highest BCUT2D eigenvalue weighted by Gasteiger charge is 2.39. The Labute approximate surface area is 145 Å². The summed E-state index contributed by atoms with van der Waals surface area (Å²) in [5.74, 6) is 1.62. The molecule has 9 heteroatoms. The van der Waals surface area contributed by atoms with Gasteiger partial charge < -0.3 is 19.7 Å². The molecule has 0 unspecified atom stereocenters. The van der Waals surface area contributed by atoms with E-state index in [1.165, 1.54) is 12.1 Å². The molecule has 1 saturated carbocycles. The van der Waals surface area contributed by atoms with Crippen molar-refractivity contribution in [2.75, 3.05) is 19.0 Å². The SMILES string of the molecule is NC1(c2noc(CCS(=O)(=O)c3ccc4c(c3)OCCO4)n2)CCC1. The molecule has 4 rings (SSSR count). The summed E-state index contributed by atoms with van der Waals surface area (Å²) in [5.41, 5.74) is 5.63. The number of rotatable bonds is 5. The van der Waals surface area contributed by atoms with Crippen molar-refractivity contribution in [1.82, 2.24) is 10.1 Å². The predicted octanol–water partition coefficient (Wildman–Crippen LogP) is 1.20. The van der Waals surface area contributed by atoms with Gasteiger partial charge in [0.05, 0.1) is 16.2 Å². The average molecular weight is 365 g/mol. The minimum Gasteiger partial charge on any atom is -0.486 e. The fourth-order valence-corrected chi connectivity index (χ4v) is 4.14. The molecule has 8 nitrogen and oxygen atoms in total. The van der Waals surface area contributed by atoms with Crippen LogP contribution in [-0.2, 0) is 21.8 Å². The van der Waals surface area contributed by atoms with E-state index in [9.17, 15) is 8.42 Å². The molecule has 1 fully saturated rings. The van der Waals surface area contributed by atoms with Crippen molar-refractivity contribution in [3.8, 4) is 11.5 Å². The van der Waals surface area contributed by atoms with Crippen LogP contribution >= 0.6 is 0 Å². The number of fused-ring (bicyclic) bond motifs is 1. The van der Waals surface area contributed by atoms with Crippen LogP contribution in [0.3, 0.4) is 0 Å². The highest BCUT2D eigenvalue weighted by molar-refractivity contribution is 7.91. The fraction of sp³-hybridized carbons (Fsp3) is 0.500. The van der Waals surface area contributed by atoms with Gasteiger partial charge in [0.2, 0.25) is 5.89 Å². The van der Waals surface area contributed by atoms with Gasteiger partial charge in [-0.25, -0.2) is 8.42 Å². The van der Waals surface area contributed by atoms with E-state index >= 15 is 0 Å². The highest BCUT2D eigenvalue weighted by atomic mass is 32.2. The number of sulfone groups is 1. The molecule has 1 aromatic heterocycles. The summed E-state index contributed by atoms with van der Waals surface area (Å²) in [4.78, 5) is 4.44. The van der Waals surface area contributed by atoms with Crippen molar-refractivity contribution >= 4 is 9.84 Å². The second kappa shape index (κ2) is 5.99. The number of aryl methyl sites for hydroxylation is 1. The number of nitrogens with zero attached hydrogens (tertiary/aromatic N) is 2. The topological polar surface area (TPSA) is 118 Å². The van der Waals surface area contributed by atoms with Crippen molar-refractivity contribution < 1.29 is 22.4 Å². The lowest BCUT2D eigenvalue weighted by atomic mass is 9.77. The van der Waals surface area contributed by atoms with Crippen molar-refractivity contribution in [2.24, 2.45) is 5.73 Å². The first-order valence-corrected chi connectivity index (χ1v) is 9.86. The Hall–Kier alpha value is -2.13. The van der Waals surface area contributed by atoms with E-state index in [0.29, 0.717) is 30.5 Å². The van der Waals surface area contributed by atoms with Crippen LogP contribution in [-0.4, -0.2) is 37.5 Å². The van der Waals surface area contributed by atoms with Crippen LogP contribution in [0, 0.1) is 0 Å². The van der Waals surface area contributed by atoms with Crippen LogP contribution in [0.5, 0.6) is 11.5 Å². The lowest BCUT2D eigenvalue weighted by molar-refractivity contribution is 0.171. The van der Waals surface area contributed by atoms with Crippen LogP contribution in [0.2, 0.25) is 0 Å². The van der Waals surface area contributed by atoms with Gasteiger partial charge in [-0.15, -0.1) is 0 Å². The van der Waals surface area contributed by atoms with Crippen LogP contribution in [0.15, 0.2) is 27.6 Å². The lowest BCUT2D eigenvalue weighted by Crippen LogP contribution is -2.44.